The normalized spacial score (nSPS) is 12.5. The smallest absolute Gasteiger partial charge is 0.129 e. The van der Waals surface area contributed by atoms with Gasteiger partial charge in [-0.25, -0.2) is 4.98 Å². The minimum Gasteiger partial charge on any atom is -0.384 e. The molecule has 0 saturated carbocycles. The number of halogens is 1. The molecule has 0 fully saturated rings. The molecule has 0 aliphatic rings. The van der Waals surface area contributed by atoms with Gasteiger partial charge in [0.25, 0.3) is 0 Å². The highest BCUT2D eigenvalue weighted by molar-refractivity contribution is 6.29. The third-order valence-corrected chi connectivity index (χ3v) is 2.39. The molecule has 0 aliphatic heterocycles. The van der Waals surface area contributed by atoms with Crippen LogP contribution in [0.5, 0.6) is 0 Å². The van der Waals surface area contributed by atoms with Crippen molar-refractivity contribution in [1.29, 1.82) is 0 Å². The summed E-state index contributed by atoms with van der Waals surface area (Å²) in [5.41, 5.74) is 1.04. The van der Waals surface area contributed by atoms with Gasteiger partial charge in [0.05, 0.1) is 11.9 Å². The van der Waals surface area contributed by atoms with Crippen LogP contribution < -0.4 is 5.32 Å². The van der Waals surface area contributed by atoms with Crippen molar-refractivity contribution in [3.63, 3.8) is 0 Å². The number of hydrogen-bond donors (Lipinski definition) is 1. The van der Waals surface area contributed by atoms with Crippen molar-refractivity contribution in [2.75, 3.05) is 11.9 Å². The van der Waals surface area contributed by atoms with Gasteiger partial charge in [-0.1, -0.05) is 31.9 Å². The number of nitrogens with one attached hydrogen (secondary N) is 1. The molecule has 0 saturated heterocycles. The number of rotatable bonds is 5. The Labute approximate surface area is 90.7 Å². The Bertz CT molecular complexity index is 258. The van der Waals surface area contributed by atoms with Gasteiger partial charge >= 0.3 is 0 Å². The molecule has 0 aromatic carbocycles. The van der Waals surface area contributed by atoms with Crippen LogP contribution in [0.15, 0.2) is 18.3 Å². The first-order valence-corrected chi connectivity index (χ1v) is 5.45. The summed E-state index contributed by atoms with van der Waals surface area (Å²) in [5, 5.41) is 3.87. The second-order valence-corrected chi connectivity index (χ2v) is 4.03. The molecule has 1 atom stereocenters. The van der Waals surface area contributed by atoms with Crippen LogP contribution in [0.25, 0.3) is 0 Å². The lowest BCUT2D eigenvalue weighted by Crippen LogP contribution is -2.10. The molecule has 1 heterocycles. The highest BCUT2D eigenvalue weighted by atomic mass is 35.5. The zero-order chi connectivity index (χ0) is 10.4. The lowest BCUT2D eigenvalue weighted by atomic mass is 10.1. The summed E-state index contributed by atoms with van der Waals surface area (Å²) in [4.78, 5) is 4.01. The number of anilines is 1. The standard InChI is InChI=1S/C11H17ClN2/c1-3-4-9(2)7-13-10-5-6-11(12)14-8-10/h5-6,8-9,13H,3-4,7H2,1-2H3. The fourth-order valence-corrected chi connectivity index (χ4v) is 1.48. The number of nitrogens with zero attached hydrogens (tertiary/aromatic N) is 1. The Kier molecular flexibility index (Phi) is 4.74. The van der Waals surface area contributed by atoms with Gasteiger partial charge in [-0.15, -0.1) is 0 Å². The number of pyridine rings is 1. The molecule has 1 rings (SSSR count). The van der Waals surface area contributed by atoms with E-state index >= 15 is 0 Å². The van der Waals surface area contributed by atoms with Crippen molar-refractivity contribution in [2.45, 2.75) is 26.7 Å². The van der Waals surface area contributed by atoms with E-state index < -0.39 is 0 Å². The topological polar surface area (TPSA) is 24.9 Å². The maximum atomic E-state index is 5.69. The van der Waals surface area contributed by atoms with Crippen molar-refractivity contribution in [3.05, 3.63) is 23.5 Å². The maximum Gasteiger partial charge on any atom is 0.129 e. The summed E-state index contributed by atoms with van der Waals surface area (Å²) in [6.45, 7) is 5.46. The fraction of sp³-hybridized carbons (Fsp3) is 0.545. The molecule has 0 radical (unpaired) electrons. The first-order chi connectivity index (χ1) is 6.72. The number of hydrogen-bond acceptors (Lipinski definition) is 2. The van der Waals surface area contributed by atoms with Crippen molar-refractivity contribution < 1.29 is 0 Å². The SMILES string of the molecule is CCCC(C)CNc1ccc(Cl)nc1. The van der Waals surface area contributed by atoms with Gasteiger partial charge in [0.15, 0.2) is 0 Å². The van der Waals surface area contributed by atoms with Crippen molar-refractivity contribution in [1.82, 2.24) is 4.98 Å². The van der Waals surface area contributed by atoms with Crippen LogP contribution in [0.2, 0.25) is 5.15 Å². The largest absolute Gasteiger partial charge is 0.384 e. The van der Waals surface area contributed by atoms with E-state index in [0.29, 0.717) is 11.1 Å². The van der Waals surface area contributed by atoms with Crippen LogP contribution in [0.1, 0.15) is 26.7 Å². The third kappa shape index (κ3) is 3.97. The third-order valence-electron chi connectivity index (χ3n) is 2.16. The summed E-state index contributed by atoms with van der Waals surface area (Å²) in [6.07, 6.45) is 4.26. The molecule has 0 aliphatic carbocycles. The van der Waals surface area contributed by atoms with Crippen LogP contribution in [0.4, 0.5) is 5.69 Å². The lowest BCUT2D eigenvalue weighted by molar-refractivity contribution is 0.550. The van der Waals surface area contributed by atoms with E-state index in [1.54, 1.807) is 12.3 Å². The average Bonchev–Trinajstić information content (AvgIpc) is 2.17. The quantitative estimate of drug-likeness (QED) is 0.755. The van der Waals surface area contributed by atoms with Crippen LogP contribution in [0, 0.1) is 5.92 Å². The van der Waals surface area contributed by atoms with Gasteiger partial charge in [-0.05, 0) is 24.5 Å². The van der Waals surface area contributed by atoms with E-state index in [1.807, 2.05) is 6.07 Å². The second-order valence-electron chi connectivity index (χ2n) is 3.64. The van der Waals surface area contributed by atoms with Gasteiger partial charge in [-0.3, -0.25) is 0 Å². The first-order valence-electron chi connectivity index (χ1n) is 5.07. The van der Waals surface area contributed by atoms with Crippen LogP contribution in [-0.4, -0.2) is 11.5 Å². The van der Waals surface area contributed by atoms with Crippen molar-refractivity contribution >= 4 is 17.3 Å². The predicted molar refractivity (Wildman–Crippen MR) is 61.8 cm³/mol. The zero-order valence-corrected chi connectivity index (χ0v) is 9.51. The van der Waals surface area contributed by atoms with E-state index in [1.165, 1.54) is 12.8 Å². The summed E-state index contributed by atoms with van der Waals surface area (Å²) < 4.78 is 0. The average molecular weight is 213 g/mol. The molecule has 78 valence electrons. The van der Waals surface area contributed by atoms with Crippen LogP contribution in [0.3, 0.4) is 0 Å². The molecule has 3 heteroatoms. The Balaban J connectivity index is 2.34. The highest BCUT2D eigenvalue weighted by Gasteiger charge is 2.00. The summed E-state index contributed by atoms with van der Waals surface area (Å²) in [6, 6.07) is 3.75. The van der Waals surface area contributed by atoms with E-state index in [4.69, 9.17) is 11.6 Å². The predicted octanol–water partition coefficient (Wildman–Crippen LogP) is 3.58. The van der Waals surface area contributed by atoms with Crippen molar-refractivity contribution in [2.24, 2.45) is 5.92 Å². The summed E-state index contributed by atoms with van der Waals surface area (Å²) in [7, 11) is 0. The number of aromatic nitrogens is 1. The monoisotopic (exact) mass is 212 g/mol. The molecule has 14 heavy (non-hydrogen) atoms. The zero-order valence-electron chi connectivity index (χ0n) is 8.76. The maximum absolute atomic E-state index is 5.69. The van der Waals surface area contributed by atoms with Gasteiger partial charge in [0.1, 0.15) is 5.15 Å². The molecular weight excluding hydrogens is 196 g/mol. The van der Waals surface area contributed by atoms with Gasteiger partial charge in [-0.2, -0.15) is 0 Å². The Morgan fingerprint density at radius 3 is 2.86 bits per heavy atom. The fourth-order valence-electron chi connectivity index (χ4n) is 1.37. The molecule has 1 N–H and O–H groups in total. The van der Waals surface area contributed by atoms with Crippen LogP contribution >= 0.6 is 11.6 Å². The summed E-state index contributed by atoms with van der Waals surface area (Å²) in [5.74, 6) is 0.704. The van der Waals surface area contributed by atoms with Gasteiger partial charge in [0.2, 0.25) is 0 Å². The minimum absolute atomic E-state index is 0.539. The van der Waals surface area contributed by atoms with E-state index in [-0.39, 0.29) is 0 Å². The first kappa shape index (κ1) is 11.3. The molecule has 0 spiro atoms. The summed E-state index contributed by atoms with van der Waals surface area (Å²) >= 11 is 5.69. The molecule has 0 bridgehead atoms. The Morgan fingerprint density at radius 2 is 2.29 bits per heavy atom. The van der Waals surface area contributed by atoms with E-state index in [9.17, 15) is 0 Å². The van der Waals surface area contributed by atoms with E-state index in [0.717, 1.165) is 12.2 Å². The molecular formula is C11H17ClN2. The van der Waals surface area contributed by atoms with E-state index in [2.05, 4.69) is 24.1 Å². The molecule has 0 amide bonds. The minimum atomic E-state index is 0.539. The van der Waals surface area contributed by atoms with Gasteiger partial charge < -0.3 is 5.32 Å². The van der Waals surface area contributed by atoms with Crippen molar-refractivity contribution in [3.8, 4) is 0 Å². The second kappa shape index (κ2) is 5.86. The van der Waals surface area contributed by atoms with Crippen LogP contribution in [-0.2, 0) is 0 Å². The molecule has 1 aromatic rings. The highest BCUT2D eigenvalue weighted by Crippen LogP contribution is 2.11. The molecule has 1 aromatic heterocycles. The molecule has 2 nitrogen and oxygen atoms in total. The van der Waals surface area contributed by atoms with Gasteiger partial charge in [0, 0.05) is 6.54 Å². The Hall–Kier alpha value is -0.760. The molecule has 1 unspecified atom stereocenters. The Morgan fingerprint density at radius 1 is 1.50 bits per heavy atom. The lowest BCUT2D eigenvalue weighted by Gasteiger charge is -2.11.